The third-order valence-corrected chi connectivity index (χ3v) is 11.0. The van der Waals surface area contributed by atoms with Crippen molar-refractivity contribution in [3.63, 3.8) is 0 Å². The molecule has 0 saturated carbocycles. The molecule has 0 aliphatic heterocycles. The lowest BCUT2D eigenvalue weighted by Crippen LogP contribution is -2.45. The van der Waals surface area contributed by atoms with Gasteiger partial charge in [-0.1, -0.05) is 127 Å². The number of ether oxygens (including phenoxy) is 11. The maximum atomic E-state index is 13.1. The first kappa shape index (κ1) is 138. The van der Waals surface area contributed by atoms with E-state index in [1.165, 1.54) is 90.4 Å². The van der Waals surface area contributed by atoms with Crippen LogP contribution in [0.4, 0.5) is 105 Å². The fourth-order valence-electron chi connectivity index (χ4n) is 6.12. The van der Waals surface area contributed by atoms with Crippen LogP contribution in [0, 0.1) is 17.5 Å². The van der Waals surface area contributed by atoms with Crippen molar-refractivity contribution >= 4 is 82.9 Å². The zero-order chi connectivity index (χ0) is 109. The molecule has 0 N–H and O–H groups in total. The SMILES string of the molecule is CC([O-])=CC(=O)OC(C(F)(F)F)C(F)(F)F.CC([O-])=CC(=O)OC(C(F)(F)F)C(F)(F)F.CC([O-])=CC(=O)OCC(F)(F)F.CC([O-])=CC(=O)OCC(F)(F)F.CCOC(=O)C=C(C)[O-].CCOC(=O)C=C(C)[O-].CCOC(=O)C=C([O-])c1ccccc1F.COC(=O)C=C(C)[O-].COC(=O)C=C(C)[O-].COC(=O)C=C([O-])c1ccccc1F.O=C(C=C([O-])c1ccccc1F)OCC(F)(F)F. The van der Waals surface area contributed by atoms with Gasteiger partial charge in [-0.25, -0.2) is 65.9 Å². The van der Waals surface area contributed by atoms with Crippen LogP contribution in [0.3, 0.4) is 0 Å². The molecule has 0 spiro atoms. The molecular weight excluding hydrogens is 1940 g/mol. The number of hydrogen-bond acceptors (Lipinski definition) is 33. The number of carbonyl (C=O) groups is 11. The summed E-state index contributed by atoms with van der Waals surface area (Å²) in [4.78, 5) is 115. The van der Waals surface area contributed by atoms with Crippen LogP contribution in [-0.4, -0.2) is 182 Å². The van der Waals surface area contributed by atoms with Gasteiger partial charge in [0.05, 0.1) is 41.2 Å². The summed E-state index contributed by atoms with van der Waals surface area (Å²) in [5.41, 5.74) is -0.690. The fraction of sp³-hybridized carbons (Fsp3) is 0.362. The molecule has 57 heteroatoms. The van der Waals surface area contributed by atoms with Crippen LogP contribution in [0.15, 0.2) is 186 Å². The maximum Gasteiger partial charge on any atom is 0.434 e. The monoisotopic (exact) mass is 2020 g/mol. The van der Waals surface area contributed by atoms with E-state index >= 15 is 0 Å². The van der Waals surface area contributed by atoms with Gasteiger partial charge in [0.15, 0.2) is 19.8 Å². The van der Waals surface area contributed by atoms with Gasteiger partial charge in [-0.3, -0.25) is 0 Å². The lowest BCUT2D eigenvalue weighted by Gasteiger charge is -2.22. The number of rotatable bonds is 22. The number of benzene rings is 3. The van der Waals surface area contributed by atoms with Crippen molar-refractivity contribution in [1.82, 2.24) is 0 Å². The second-order valence-corrected chi connectivity index (χ2v) is 23.3. The van der Waals surface area contributed by atoms with Crippen LogP contribution in [0.2, 0.25) is 0 Å². The van der Waals surface area contributed by atoms with Crippen molar-refractivity contribution in [1.29, 1.82) is 0 Å². The predicted molar refractivity (Wildman–Crippen MR) is 394 cm³/mol. The minimum Gasteiger partial charge on any atom is -0.875 e. The highest BCUT2D eigenvalue weighted by molar-refractivity contribution is 5.91. The molecule has 3 rings (SSSR count). The average molecular weight is 2020 g/mol. The third kappa shape index (κ3) is 88.8. The second kappa shape index (κ2) is 70.8. The van der Waals surface area contributed by atoms with E-state index in [1.807, 2.05) is 0 Å². The maximum absolute atomic E-state index is 13.1. The van der Waals surface area contributed by atoms with E-state index in [0.717, 1.165) is 89.5 Å². The van der Waals surface area contributed by atoms with Crippen molar-refractivity contribution in [2.24, 2.45) is 0 Å². The van der Waals surface area contributed by atoms with Crippen LogP contribution in [0.25, 0.3) is 17.3 Å². The number of hydrogen-bond donors (Lipinski definition) is 0. The number of carbonyl (C=O) groups excluding carboxylic acids is 11. The molecular formula is C80H79F24O33-11. The molecule has 137 heavy (non-hydrogen) atoms. The van der Waals surface area contributed by atoms with Crippen molar-refractivity contribution < 1.29 is 266 Å². The molecule has 33 nitrogen and oxygen atoms in total. The Morgan fingerprint density at radius 1 is 0.255 bits per heavy atom. The summed E-state index contributed by atoms with van der Waals surface area (Å²) < 4.78 is 328. The molecule has 0 saturated heterocycles. The van der Waals surface area contributed by atoms with Crippen molar-refractivity contribution in [2.45, 2.75) is 132 Å². The molecule has 0 fully saturated rings. The first-order chi connectivity index (χ1) is 62.2. The molecule has 0 heterocycles. The van der Waals surface area contributed by atoms with Crippen molar-refractivity contribution in [3.8, 4) is 0 Å². The quantitative estimate of drug-likeness (QED) is 0.0411. The van der Waals surface area contributed by atoms with Crippen molar-refractivity contribution in [3.05, 3.63) is 220 Å². The topological polar surface area (TPSA) is 543 Å². The smallest absolute Gasteiger partial charge is 0.434 e. The minimum absolute atomic E-state index is 0.00944. The standard InChI is InChI=1S/C11H8F4O3.C11H11FO3.C10H9FO3.2C7H6F6O3.2C6H7F3O3.2C6H10O3.2C5H8O3/c12-8-4-2-1-3-7(8)9(16)5-10(17)18-6-11(13,14)15;1-2-15-11(14)7-10(13)8-5-3-4-6-9(8)12;1-14-10(13)6-9(12)7-4-2-3-5-8(7)11;2*1-3(14)2-4(15)16-5(6(8,9)10)7(11,12)13;2*1-4(10)2-5(11)12-3-6(7,8)9;2*1-3-9-6(8)4-5(2)7;2*1-4(6)3-5(7)8-2/h1-5,16H,6H2;3-7,13H,2H2,1H3;2-6,12H,1H3;2*2,5,14H,1H3;2*2,10H,3H2,1H3;2*4,7H,3H2,1-2H3;2*3,6H,1-2H3/p-11. The lowest BCUT2D eigenvalue weighted by atomic mass is 10.1. The van der Waals surface area contributed by atoms with Crippen LogP contribution >= 0.6 is 0 Å². The van der Waals surface area contributed by atoms with Gasteiger partial charge in [0.2, 0.25) is 0 Å². The molecule has 0 aliphatic rings. The third-order valence-electron chi connectivity index (χ3n) is 11.0. The molecule has 0 radical (unpaired) electrons. The van der Waals surface area contributed by atoms with Gasteiger partial charge in [0, 0.05) is 83.5 Å². The van der Waals surface area contributed by atoms with E-state index in [2.05, 4.69) is 52.1 Å². The van der Waals surface area contributed by atoms with E-state index < -0.39 is 204 Å². The van der Waals surface area contributed by atoms with Crippen LogP contribution in [0.5, 0.6) is 0 Å². The van der Waals surface area contributed by atoms with Crippen LogP contribution in [0.1, 0.15) is 92.9 Å². The van der Waals surface area contributed by atoms with Crippen LogP contribution in [-0.2, 0) is 105 Å². The summed E-state index contributed by atoms with van der Waals surface area (Å²) in [5.74, 6) is -21.0. The predicted octanol–water partition coefficient (Wildman–Crippen LogP) is 5.18. The normalized spacial score (nSPS) is 12.3. The van der Waals surface area contributed by atoms with E-state index in [4.69, 9.17) is 0 Å². The summed E-state index contributed by atoms with van der Waals surface area (Å²) in [7, 11) is 3.59. The Hall–Kier alpha value is -14.9. The molecule has 3 aromatic rings. The Kier molecular flexibility index (Phi) is 71.0. The zero-order valence-electron chi connectivity index (χ0n) is 72.7. The average Bonchev–Trinajstić information content (AvgIpc) is 0.827. The van der Waals surface area contributed by atoms with Gasteiger partial charge in [0.1, 0.15) is 17.5 Å². The molecule has 776 valence electrons. The highest BCUT2D eigenvalue weighted by atomic mass is 19.4. The lowest BCUT2D eigenvalue weighted by molar-refractivity contribution is -0.314. The van der Waals surface area contributed by atoms with E-state index in [9.17, 15) is 214 Å². The van der Waals surface area contributed by atoms with Gasteiger partial charge in [-0.2, -0.15) is 92.2 Å². The first-order valence-corrected chi connectivity index (χ1v) is 35.6. The van der Waals surface area contributed by atoms with Crippen LogP contribution < -0.4 is 56.2 Å². The second-order valence-electron chi connectivity index (χ2n) is 23.3. The molecule has 0 bridgehead atoms. The molecule has 0 unspecified atom stereocenters. The number of halogens is 24. The van der Waals surface area contributed by atoms with Gasteiger partial charge >= 0.3 is 109 Å². The Bertz CT molecular complexity index is 4370. The summed E-state index contributed by atoms with van der Waals surface area (Å²) in [6, 6.07) is 15.7. The van der Waals surface area contributed by atoms with Gasteiger partial charge in [0.25, 0.3) is 12.2 Å². The van der Waals surface area contributed by atoms with E-state index in [-0.39, 0.29) is 59.0 Å². The summed E-state index contributed by atoms with van der Waals surface area (Å²) in [5, 5.41) is 115. The fourth-order valence-corrected chi connectivity index (χ4v) is 6.12. The highest BCUT2D eigenvalue weighted by Gasteiger charge is 2.61. The van der Waals surface area contributed by atoms with Gasteiger partial charge in [-0.05, 0) is 39.0 Å². The first-order valence-electron chi connectivity index (χ1n) is 35.6. The highest BCUT2D eigenvalue weighted by Crippen LogP contribution is 2.37. The Morgan fingerprint density at radius 2 is 0.409 bits per heavy atom. The molecule has 0 aliphatic carbocycles. The number of esters is 11. The summed E-state index contributed by atoms with van der Waals surface area (Å²) in [6.07, 6.45) is -39.2. The zero-order valence-corrected chi connectivity index (χ0v) is 72.7. The molecule has 0 atom stereocenters. The summed E-state index contributed by atoms with van der Waals surface area (Å²) >= 11 is 0. The Morgan fingerprint density at radius 3 is 0.569 bits per heavy atom. The molecule has 0 amide bonds. The van der Waals surface area contributed by atoms with Gasteiger partial charge in [-0.15, -0.1) is 46.1 Å². The largest absolute Gasteiger partial charge is 0.875 e. The number of methoxy groups -OCH3 is 3. The molecule has 3 aromatic carbocycles. The van der Waals surface area contributed by atoms with E-state index in [1.54, 1.807) is 20.8 Å². The number of alkyl halides is 21. The minimum atomic E-state index is -5.78. The molecule has 0 aromatic heterocycles. The van der Waals surface area contributed by atoms with E-state index in [0.29, 0.717) is 31.4 Å². The van der Waals surface area contributed by atoms with Crippen molar-refractivity contribution in [2.75, 3.05) is 61.0 Å². The summed E-state index contributed by atoms with van der Waals surface area (Å²) in [6.45, 7) is 9.46. The Balaban J connectivity index is -0.000000225. The van der Waals surface area contributed by atoms with Gasteiger partial charge < -0.3 is 108 Å². The number of allylic oxidation sites excluding steroid dienone is 8. The Labute approximate surface area is 759 Å².